The molecule has 0 saturated heterocycles. The number of likely N-dealkylation sites (N-methyl/N-ethyl adjacent to an activating group) is 1. The second-order valence-corrected chi connectivity index (χ2v) is 6.08. The lowest BCUT2D eigenvalue weighted by atomic mass is 9.72. The summed E-state index contributed by atoms with van der Waals surface area (Å²) in [5, 5.41) is 0. The van der Waals surface area contributed by atoms with Gasteiger partial charge in [-0.2, -0.15) is 0 Å². The predicted molar refractivity (Wildman–Crippen MR) is 79.9 cm³/mol. The molecule has 106 valence electrons. The smallest absolute Gasteiger partial charge is 0.0547 e. The second kappa shape index (κ2) is 6.02. The van der Waals surface area contributed by atoms with E-state index >= 15 is 0 Å². The first-order valence-electron chi connectivity index (χ1n) is 7.42. The summed E-state index contributed by atoms with van der Waals surface area (Å²) in [5.74, 6) is 0.668. The fourth-order valence-electron chi connectivity index (χ4n) is 3.51. The molecule has 2 rings (SSSR count). The van der Waals surface area contributed by atoms with Gasteiger partial charge in [0.1, 0.15) is 0 Å². The third kappa shape index (κ3) is 2.98. The van der Waals surface area contributed by atoms with E-state index in [1.54, 1.807) is 0 Å². The summed E-state index contributed by atoms with van der Waals surface area (Å²) in [6, 6.07) is 6.25. The van der Waals surface area contributed by atoms with Gasteiger partial charge in [-0.1, -0.05) is 25.8 Å². The van der Waals surface area contributed by atoms with Gasteiger partial charge in [-0.25, -0.2) is 0 Å². The topological polar surface area (TPSA) is 42.1 Å². The van der Waals surface area contributed by atoms with Gasteiger partial charge in [0.05, 0.1) is 5.69 Å². The van der Waals surface area contributed by atoms with E-state index in [-0.39, 0.29) is 5.54 Å². The van der Waals surface area contributed by atoms with Crippen molar-refractivity contribution < 1.29 is 0 Å². The highest BCUT2D eigenvalue weighted by molar-refractivity contribution is 5.11. The van der Waals surface area contributed by atoms with E-state index in [0.29, 0.717) is 5.92 Å². The van der Waals surface area contributed by atoms with Crippen LogP contribution in [0.4, 0.5) is 0 Å². The average Bonchev–Trinajstić information content (AvgIpc) is 2.39. The summed E-state index contributed by atoms with van der Waals surface area (Å²) in [7, 11) is 2.21. The lowest BCUT2D eigenvalue weighted by molar-refractivity contribution is 0.0270. The molecule has 3 heteroatoms. The normalized spacial score (nSPS) is 27.7. The summed E-state index contributed by atoms with van der Waals surface area (Å²) in [6.07, 6.45) is 5.16. The van der Waals surface area contributed by atoms with Crippen molar-refractivity contribution in [3.8, 4) is 0 Å². The Morgan fingerprint density at radius 1 is 1.42 bits per heavy atom. The van der Waals surface area contributed by atoms with Crippen LogP contribution in [-0.2, 0) is 6.54 Å². The molecule has 2 unspecified atom stereocenters. The van der Waals surface area contributed by atoms with Gasteiger partial charge in [0.15, 0.2) is 0 Å². The van der Waals surface area contributed by atoms with Gasteiger partial charge >= 0.3 is 0 Å². The van der Waals surface area contributed by atoms with Crippen LogP contribution in [0.15, 0.2) is 18.2 Å². The van der Waals surface area contributed by atoms with Gasteiger partial charge in [-0.05, 0) is 44.9 Å². The highest BCUT2D eigenvalue weighted by atomic mass is 15.2. The SMILES string of the molecule is Cc1cccc(CN(C)C2(CN)CCCCC2C)n1. The largest absolute Gasteiger partial charge is 0.329 e. The lowest BCUT2D eigenvalue weighted by Gasteiger charge is -2.48. The maximum absolute atomic E-state index is 6.15. The van der Waals surface area contributed by atoms with E-state index in [0.717, 1.165) is 24.5 Å². The third-order valence-electron chi connectivity index (χ3n) is 4.87. The molecule has 0 aliphatic heterocycles. The minimum absolute atomic E-state index is 0.156. The molecule has 1 saturated carbocycles. The Hall–Kier alpha value is -0.930. The summed E-state index contributed by atoms with van der Waals surface area (Å²) >= 11 is 0. The highest BCUT2D eigenvalue weighted by Gasteiger charge is 2.40. The van der Waals surface area contributed by atoms with Crippen molar-refractivity contribution in [2.45, 2.75) is 51.6 Å². The highest BCUT2D eigenvalue weighted by Crippen LogP contribution is 2.37. The van der Waals surface area contributed by atoms with E-state index in [9.17, 15) is 0 Å². The van der Waals surface area contributed by atoms with Crippen LogP contribution in [0.1, 0.15) is 44.0 Å². The van der Waals surface area contributed by atoms with Crippen LogP contribution in [0.2, 0.25) is 0 Å². The van der Waals surface area contributed by atoms with Crippen molar-refractivity contribution in [3.05, 3.63) is 29.6 Å². The van der Waals surface area contributed by atoms with Crippen LogP contribution in [0.25, 0.3) is 0 Å². The van der Waals surface area contributed by atoms with Crippen molar-refractivity contribution in [1.29, 1.82) is 0 Å². The predicted octanol–water partition coefficient (Wildman–Crippen LogP) is 2.73. The first-order chi connectivity index (χ1) is 9.08. The maximum atomic E-state index is 6.15. The first kappa shape index (κ1) is 14.5. The standard InChI is InChI=1S/C16H27N3/c1-13-7-4-5-10-16(13,12-17)19(3)11-15-9-6-8-14(2)18-15/h6,8-9,13H,4-5,7,10-12,17H2,1-3H3. The summed E-state index contributed by atoms with van der Waals surface area (Å²) < 4.78 is 0. The molecule has 0 radical (unpaired) electrons. The van der Waals surface area contributed by atoms with Crippen molar-refractivity contribution in [2.24, 2.45) is 11.7 Å². The van der Waals surface area contributed by atoms with Crippen LogP contribution in [-0.4, -0.2) is 29.0 Å². The molecule has 2 atom stereocenters. The number of rotatable bonds is 4. The van der Waals surface area contributed by atoms with E-state index in [2.05, 4.69) is 36.0 Å². The van der Waals surface area contributed by atoms with E-state index in [4.69, 9.17) is 5.73 Å². The molecule has 1 aliphatic carbocycles. The third-order valence-corrected chi connectivity index (χ3v) is 4.87. The molecule has 1 aliphatic rings. The molecule has 0 bridgehead atoms. The van der Waals surface area contributed by atoms with Crippen LogP contribution in [0.3, 0.4) is 0 Å². The number of nitrogens with zero attached hydrogens (tertiary/aromatic N) is 2. The Labute approximate surface area is 117 Å². The zero-order chi connectivity index (χ0) is 13.9. The van der Waals surface area contributed by atoms with Crippen molar-refractivity contribution in [2.75, 3.05) is 13.6 Å². The molecule has 0 amide bonds. The Kier molecular flexibility index (Phi) is 4.58. The number of hydrogen-bond acceptors (Lipinski definition) is 3. The van der Waals surface area contributed by atoms with Gasteiger partial charge < -0.3 is 5.73 Å². The Balaban J connectivity index is 2.14. The monoisotopic (exact) mass is 261 g/mol. The fourth-order valence-corrected chi connectivity index (χ4v) is 3.51. The van der Waals surface area contributed by atoms with Crippen molar-refractivity contribution in [1.82, 2.24) is 9.88 Å². The summed E-state index contributed by atoms with van der Waals surface area (Å²) in [6.45, 7) is 6.04. The maximum Gasteiger partial charge on any atom is 0.0547 e. The molecule has 19 heavy (non-hydrogen) atoms. The van der Waals surface area contributed by atoms with Crippen LogP contribution < -0.4 is 5.73 Å². The average molecular weight is 261 g/mol. The number of aryl methyl sites for hydroxylation is 1. The van der Waals surface area contributed by atoms with Gasteiger partial charge in [-0.3, -0.25) is 9.88 Å². The van der Waals surface area contributed by atoms with Gasteiger partial charge in [0, 0.05) is 24.3 Å². The van der Waals surface area contributed by atoms with Crippen LogP contribution in [0.5, 0.6) is 0 Å². The van der Waals surface area contributed by atoms with Gasteiger partial charge in [0.2, 0.25) is 0 Å². The van der Waals surface area contributed by atoms with E-state index in [1.165, 1.54) is 25.7 Å². The number of pyridine rings is 1. The first-order valence-corrected chi connectivity index (χ1v) is 7.42. The molecule has 0 spiro atoms. The van der Waals surface area contributed by atoms with Crippen LogP contribution >= 0.6 is 0 Å². The number of nitrogens with two attached hydrogens (primary N) is 1. The van der Waals surface area contributed by atoms with Gasteiger partial charge in [-0.15, -0.1) is 0 Å². The lowest BCUT2D eigenvalue weighted by Crippen LogP contribution is -2.57. The Morgan fingerprint density at radius 2 is 2.21 bits per heavy atom. The summed E-state index contributed by atoms with van der Waals surface area (Å²) in [5.41, 5.74) is 8.54. The number of hydrogen-bond donors (Lipinski definition) is 1. The Morgan fingerprint density at radius 3 is 2.84 bits per heavy atom. The Bertz CT molecular complexity index is 418. The fraction of sp³-hybridized carbons (Fsp3) is 0.688. The minimum Gasteiger partial charge on any atom is -0.329 e. The molecule has 1 aromatic rings. The molecular weight excluding hydrogens is 234 g/mol. The quantitative estimate of drug-likeness (QED) is 0.906. The van der Waals surface area contributed by atoms with E-state index in [1.807, 2.05) is 13.0 Å². The zero-order valence-electron chi connectivity index (χ0n) is 12.5. The molecule has 3 nitrogen and oxygen atoms in total. The van der Waals surface area contributed by atoms with E-state index < -0.39 is 0 Å². The van der Waals surface area contributed by atoms with Crippen molar-refractivity contribution >= 4 is 0 Å². The van der Waals surface area contributed by atoms with Crippen molar-refractivity contribution in [3.63, 3.8) is 0 Å². The molecule has 1 fully saturated rings. The second-order valence-electron chi connectivity index (χ2n) is 6.08. The minimum atomic E-state index is 0.156. The number of aromatic nitrogens is 1. The molecular formula is C16H27N3. The van der Waals surface area contributed by atoms with Gasteiger partial charge in [0.25, 0.3) is 0 Å². The zero-order valence-corrected chi connectivity index (χ0v) is 12.5. The summed E-state index contributed by atoms with van der Waals surface area (Å²) in [4.78, 5) is 7.06. The molecule has 0 aromatic carbocycles. The molecule has 1 heterocycles. The molecule has 2 N–H and O–H groups in total. The van der Waals surface area contributed by atoms with Crippen LogP contribution in [0, 0.1) is 12.8 Å². The molecule has 1 aromatic heterocycles.